The second-order valence-corrected chi connectivity index (χ2v) is 7.79. The number of hydrogen-bond acceptors (Lipinski definition) is 7. The fourth-order valence-electron chi connectivity index (χ4n) is 1.13. The number of nitrogens with one attached hydrogen (secondary N) is 2. The van der Waals surface area contributed by atoms with Crippen LogP contribution in [-0.2, 0) is 20.0 Å². The van der Waals surface area contributed by atoms with Crippen LogP contribution in [0.5, 0.6) is 0 Å². The molecule has 0 spiro atoms. The average Bonchev–Trinajstić information content (AvgIpc) is 2.27. The average molecular weight is 374 g/mol. The van der Waals surface area contributed by atoms with Gasteiger partial charge in [-0.2, -0.15) is 0 Å². The van der Waals surface area contributed by atoms with E-state index in [1.807, 2.05) is 0 Å². The number of pyridine rings is 1. The molecule has 1 heterocycles. The van der Waals surface area contributed by atoms with E-state index in [-0.39, 0.29) is 17.3 Å². The summed E-state index contributed by atoms with van der Waals surface area (Å²) in [6.45, 7) is -0.350. The van der Waals surface area contributed by atoms with Crippen molar-refractivity contribution in [3.05, 3.63) is 16.7 Å². The maximum atomic E-state index is 11.9. The predicted octanol–water partition coefficient (Wildman–Crippen LogP) is -1.30. The molecule has 0 atom stereocenters. The summed E-state index contributed by atoms with van der Waals surface area (Å²) >= 11 is 3.08. The van der Waals surface area contributed by atoms with Gasteiger partial charge in [0.2, 0.25) is 20.0 Å². The van der Waals surface area contributed by atoms with Crippen molar-refractivity contribution >= 4 is 41.8 Å². The van der Waals surface area contributed by atoms with Gasteiger partial charge in [0.1, 0.15) is 4.90 Å². The van der Waals surface area contributed by atoms with E-state index in [9.17, 15) is 16.8 Å². The van der Waals surface area contributed by atoms with Crippen molar-refractivity contribution in [3.63, 3.8) is 0 Å². The third kappa shape index (κ3) is 5.00. The molecule has 0 amide bonds. The highest BCUT2D eigenvalue weighted by atomic mass is 79.9. The lowest BCUT2D eigenvalue weighted by Gasteiger charge is -2.10. The Balaban J connectivity index is 2.97. The van der Waals surface area contributed by atoms with E-state index in [4.69, 9.17) is 11.0 Å². The van der Waals surface area contributed by atoms with Crippen LogP contribution in [0.2, 0.25) is 0 Å². The van der Waals surface area contributed by atoms with Crippen molar-refractivity contribution in [2.75, 3.05) is 17.7 Å². The largest absolute Gasteiger partial charge is 0.307 e. The molecule has 0 aliphatic carbocycles. The number of aromatic nitrogens is 1. The van der Waals surface area contributed by atoms with E-state index >= 15 is 0 Å². The molecule has 0 saturated carbocycles. The minimum atomic E-state index is -3.95. The molecule has 0 unspecified atom stereocenters. The van der Waals surface area contributed by atoms with E-state index in [0.29, 0.717) is 4.47 Å². The summed E-state index contributed by atoms with van der Waals surface area (Å²) in [6.07, 6.45) is 1.36. The Morgan fingerprint density at radius 3 is 2.47 bits per heavy atom. The number of primary sulfonamides is 1. The maximum absolute atomic E-state index is 11.9. The van der Waals surface area contributed by atoms with Crippen LogP contribution in [0.3, 0.4) is 0 Å². The minimum absolute atomic E-state index is 0.0636. The highest BCUT2D eigenvalue weighted by Crippen LogP contribution is 2.21. The molecule has 0 aromatic carbocycles. The zero-order chi connectivity index (χ0) is 14.7. The van der Waals surface area contributed by atoms with Gasteiger partial charge in [0.15, 0.2) is 5.82 Å². The molecule has 108 valence electrons. The number of sulfonamides is 2. The molecule has 0 bridgehead atoms. The van der Waals surface area contributed by atoms with Gasteiger partial charge in [-0.25, -0.2) is 37.5 Å². The Morgan fingerprint density at radius 1 is 1.32 bits per heavy atom. The Bertz CT molecular complexity index is 660. The van der Waals surface area contributed by atoms with Crippen molar-refractivity contribution in [1.82, 2.24) is 9.71 Å². The lowest BCUT2D eigenvalue weighted by atomic mass is 10.5. The van der Waals surface area contributed by atoms with E-state index in [2.05, 4.69) is 31.1 Å². The van der Waals surface area contributed by atoms with Gasteiger partial charge < -0.3 is 5.43 Å². The SMILES string of the molecule is NNc1ncc(Br)cc1S(=O)(=O)NCCS(N)(=O)=O. The second-order valence-electron chi connectivity index (χ2n) is 3.41. The number of halogens is 1. The quantitative estimate of drug-likeness (QED) is 0.356. The Morgan fingerprint density at radius 2 is 1.95 bits per heavy atom. The van der Waals surface area contributed by atoms with Crippen LogP contribution in [0.15, 0.2) is 21.6 Å². The first kappa shape index (κ1) is 16.3. The molecular formula is C7H12BrN5O4S2. The van der Waals surface area contributed by atoms with Crippen LogP contribution in [0.4, 0.5) is 5.82 Å². The number of anilines is 1. The topological polar surface area (TPSA) is 157 Å². The number of rotatable bonds is 6. The fraction of sp³-hybridized carbons (Fsp3) is 0.286. The number of hydrazine groups is 1. The van der Waals surface area contributed by atoms with E-state index in [1.54, 1.807) is 0 Å². The molecule has 0 aliphatic heterocycles. The van der Waals surface area contributed by atoms with Crippen LogP contribution >= 0.6 is 15.9 Å². The summed E-state index contributed by atoms with van der Waals surface area (Å²) < 4.78 is 47.9. The molecule has 0 radical (unpaired) electrons. The molecule has 1 aromatic heterocycles. The van der Waals surface area contributed by atoms with E-state index in [1.165, 1.54) is 12.3 Å². The summed E-state index contributed by atoms with van der Waals surface area (Å²) in [5.74, 6) is 4.58. The van der Waals surface area contributed by atoms with E-state index < -0.39 is 25.8 Å². The molecule has 1 aromatic rings. The smallest absolute Gasteiger partial charge is 0.244 e. The molecule has 0 fully saturated rings. The van der Waals surface area contributed by atoms with Crippen LogP contribution in [0.1, 0.15) is 0 Å². The van der Waals surface area contributed by atoms with Gasteiger partial charge in [0.25, 0.3) is 0 Å². The molecule has 0 aliphatic rings. The summed E-state index contributed by atoms with van der Waals surface area (Å²) in [5.41, 5.74) is 2.14. The van der Waals surface area contributed by atoms with Gasteiger partial charge in [0.05, 0.1) is 5.75 Å². The molecule has 9 nitrogen and oxygen atoms in total. The molecule has 19 heavy (non-hydrogen) atoms. The van der Waals surface area contributed by atoms with Gasteiger partial charge in [0, 0.05) is 17.2 Å². The lowest BCUT2D eigenvalue weighted by Crippen LogP contribution is -2.32. The Labute approximate surface area is 119 Å². The molecular weight excluding hydrogens is 362 g/mol. The van der Waals surface area contributed by atoms with Gasteiger partial charge in [-0.3, -0.25) is 0 Å². The zero-order valence-electron chi connectivity index (χ0n) is 9.50. The molecule has 12 heteroatoms. The summed E-state index contributed by atoms with van der Waals surface area (Å²) in [6, 6.07) is 1.28. The van der Waals surface area contributed by atoms with Crippen LogP contribution in [-0.4, -0.2) is 34.1 Å². The fourth-order valence-corrected chi connectivity index (χ4v) is 3.30. The molecule has 6 N–H and O–H groups in total. The minimum Gasteiger partial charge on any atom is -0.307 e. The zero-order valence-corrected chi connectivity index (χ0v) is 12.7. The summed E-state index contributed by atoms with van der Waals surface area (Å²) in [4.78, 5) is 3.57. The summed E-state index contributed by atoms with van der Waals surface area (Å²) in [5, 5.41) is 4.77. The third-order valence-corrected chi connectivity index (χ3v) is 4.61. The standard InChI is InChI=1S/C7H12BrN5O4S2/c8-5-3-6(7(13-9)11-4-5)19(16,17)12-1-2-18(10,14)15/h3-4,12H,1-2,9H2,(H,11,13)(H2,10,14,15). The molecule has 1 rings (SSSR count). The monoisotopic (exact) mass is 373 g/mol. The van der Waals surface area contributed by atoms with Crippen molar-refractivity contribution in [2.24, 2.45) is 11.0 Å². The maximum Gasteiger partial charge on any atom is 0.244 e. The van der Waals surface area contributed by atoms with Crippen molar-refractivity contribution in [2.45, 2.75) is 4.90 Å². The number of nitrogens with zero attached hydrogens (tertiary/aromatic N) is 1. The van der Waals surface area contributed by atoms with Gasteiger partial charge in [-0.05, 0) is 22.0 Å². The van der Waals surface area contributed by atoms with E-state index in [0.717, 1.165) is 0 Å². The Hall–Kier alpha value is -0.790. The first-order valence-corrected chi connectivity index (χ1v) is 8.77. The number of nitrogen functional groups attached to an aromatic ring is 1. The van der Waals surface area contributed by atoms with Crippen molar-refractivity contribution < 1.29 is 16.8 Å². The number of hydrogen-bond donors (Lipinski definition) is 4. The second kappa shape index (κ2) is 6.11. The van der Waals surface area contributed by atoms with Gasteiger partial charge in [-0.1, -0.05) is 0 Å². The van der Waals surface area contributed by atoms with Crippen LogP contribution < -0.4 is 21.1 Å². The summed E-state index contributed by atoms with van der Waals surface area (Å²) in [7, 11) is -7.70. The predicted molar refractivity (Wildman–Crippen MR) is 72.9 cm³/mol. The van der Waals surface area contributed by atoms with Crippen LogP contribution in [0.25, 0.3) is 0 Å². The highest BCUT2D eigenvalue weighted by molar-refractivity contribution is 9.10. The van der Waals surface area contributed by atoms with Crippen LogP contribution in [0, 0.1) is 0 Å². The third-order valence-electron chi connectivity index (χ3n) is 1.92. The Kier molecular flexibility index (Phi) is 5.23. The lowest BCUT2D eigenvalue weighted by molar-refractivity contribution is 0.581. The molecule has 0 saturated heterocycles. The number of nitrogens with two attached hydrogens (primary N) is 2. The van der Waals surface area contributed by atoms with Crippen molar-refractivity contribution in [1.29, 1.82) is 0 Å². The van der Waals surface area contributed by atoms with Gasteiger partial charge >= 0.3 is 0 Å². The van der Waals surface area contributed by atoms with Gasteiger partial charge in [-0.15, -0.1) is 0 Å². The first-order valence-electron chi connectivity index (χ1n) is 4.78. The highest BCUT2D eigenvalue weighted by Gasteiger charge is 2.20. The van der Waals surface area contributed by atoms with Crippen molar-refractivity contribution in [3.8, 4) is 0 Å². The normalized spacial score (nSPS) is 12.4. The first-order chi connectivity index (χ1) is 8.65.